The number of fused-ring (bicyclic) bond motifs is 1. The Morgan fingerprint density at radius 2 is 1.94 bits per heavy atom. The summed E-state index contributed by atoms with van der Waals surface area (Å²) >= 11 is 0. The third-order valence-electron chi connectivity index (χ3n) is 6.66. The maximum atomic E-state index is 12.2. The molecule has 2 heterocycles. The van der Waals surface area contributed by atoms with Gasteiger partial charge in [0, 0.05) is 12.8 Å². The summed E-state index contributed by atoms with van der Waals surface area (Å²) in [5, 5.41) is 0. The number of ether oxygens (including phenoxy) is 1. The SMILES string of the molecule is CC1(C)[C@H]2C[C@@H]3N4C(=O)CC[C@@]4(C)O[C@]3(C)[C@@H]1C2. The van der Waals surface area contributed by atoms with Gasteiger partial charge in [-0.3, -0.25) is 4.79 Å². The lowest BCUT2D eigenvalue weighted by Gasteiger charge is -2.64. The van der Waals surface area contributed by atoms with Gasteiger partial charge in [0.2, 0.25) is 5.91 Å². The molecule has 2 aliphatic heterocycles. The first kappa shape index (κ1) is 11.3. The third-order valence-corrected chi connectivity index (χ3v) is 6.66. The minimum Gasteiger partial charge on any atom is -0.347 e. The van der Waals surface area contributed by atoms with Crippen molar-refractivity contribution in [3.05, 3.63) is 0 Å². The first-order chi connectivity index (χ1) is 8.29. The fourth-order valence-corrected chi connectivity index (χ4v) is 5.55. The van der Waals surface area contributed by atoms with Gasteiger partial charge in [-0.2, -0.15) is 0 Å². The molecule has 0 unspecified atom stereocenters. The highest BCUT2D eigenvalue weighted by Crippen LogP contribution is 2.68. The van der Waals surface area contributed by atoms with Crippen LogP contribution in [0.25, 0.3) is 0 Å². The average Bonchev–Trinajstić information content (AvgIpc) is 2.67. The van der Waals surface area contributed by atoms with E-state index in [1.165, 1.54) is 6.42 Å². The fourth-order valence-electron chi connectivity index (χ4n) is 5.55. The lowest BCUT2D eigenvalue weighted by molar-refractivity contribution is -0.223. The van der Waals surface area contributed by atoms with E-state index in [1.807, 2.05) is 0 Å². The highest BCUT2D eigenvalue weighted by Gasteiger charge is 2.72. The normalized spacial score (nSPS) is 56.1. The van der Waals surface area contributed by atoms with E-state index in [0.717, 1.165) is 18.8 Å². The van der Waals surface area contributed by atoms with Crippen LogP contribution in [-0.2, 0) is 9.53 Å². The van der Waals surface area contributed by atoms with Crippen molar-refractivity contribution in [1.82, 2.24) is 4.90 Å². The lowest BCUT2D eigenvalue weighted by Crippen LogP contribution is -2.67. The van der Waals surface area contributed by atoms with Gasteiger partial charge in [0.1, 0.15) is 5.72 Å². The molecule has 0 radical (unpaired) electrons. The number of carbonyl (C=O) groups is 1. The molecule has 0 N–H and O–H groups in total. The highest BCUT2D eigenvalue weighted by atomic mass is 16.6. The summed E-state index contributed by atoms with van der Waals surface area (Å²) in [6.07, 6.45) is 3.97. The molecule has 5 fully saturated rings. The van der Waals surface area contributed by atoms with Crippen LogP contribution in [0.5, 0.6) is 0 Å². The molecule has 0 spiro atoms. The van der Waals surface area contributed by atoms with Gasteiger partial charge >= 0.3 is 0 Å². The van der Waals surface area contributed by atoms with Crippen LogP contribution >= 0.6 is 0 Å². The zero-order chi connectivity index (χ0) is 12.9. The highest BCUT2D eigenvalue weighted by molar-refractivity contribution is 5.80. The molecule has 1 amide bonds. The van der Waals surface area contributed by atoms with E-state index in [9.17, 15) is 4.79 Å². The van der Waals surface area contributed by atoms with Crippen LogP contribution in [0.4, 0.5) is 0 Å². The van der Waals surface area contributed by atoms with E-state index < -0.39 is 0 Å². The second-order valence-electron chi connectivity index (χ2n) is 7.78. The molecule has 2 bridgehead atoms. The standard InChI is InChI=1S/C15H23NO2/c1-13(2)9-7-10(13)15(4)11(8-9)16-12(17)5-6-14(16,3)18-15/h9-11H,5-8H2,1-4H3/t9-,10-,11+,14-,15-/m1/s1. The molecule has 3 heteroatoms. The van der Waals surface area contributed by atoms with Gasteiger partial charge in [-0.25, -0.2) is 0 Å². The van der Waals surface area contributed by atoms with E-state index in [-0.39, 0.29) is 11.3 Å². The largest absolute Gasteiger partial charge is 0.347 e. The first-order valence-electron chi connectivity index (χ1n) is 7.31. The smallest absolute Gasteiger partial charge is 0.225 e. The molecule has 5 rings (SSSR count). The van der Waals surface area contributed by atoms with Crippen LogP contribution in [0.3, 0.4) is 0 Å². The lowest BCUT2D eigenvalue weighted by atomic mass is 9.43. The number of carbonyl (C=O) groups excluding carboxylic acids is 1. The third kappa shape index (κ3) is 0.974. The van der Waals surface area contributed by atoms with Gasteiger partial charge in [0.25, 0.3) is 0 Å². The maximum absolute atomic E-state index is 12.2. The maximum Gasteiger partial charge on any atom is 0.225 e. The van der Waals surface area contributed by atoms with Crippen molar-refractivity contribution in [3.63, 3.8) is 0 Å². The second-order valence-corrected chi connectivity index (χ2v) is 7.78. The van der Waals surface area contributed by atoms with Crippen LogP contribution in [0, 0.1) is 17.3 Å². The summed E-state index contributed by atoms with van der Waals surface area (Å²) in [6.45, 7) is 9.14. The molecule has 0 aromatic rings. The van der Waals surface area contributed by atoms with Gasteiger partial charge in [-0.1, -0.05) is 13.8 Å². The summed E-state index contributed by atoms with van der Waals surface area (Å²) in [7, 11) is 0. The Balaban J connectivity index is 1.78. The topological polar surface area (TPSA) is 29.5 Å². The minimum absolute atomic E-state index is 0.108. The van der Waals surface area contributed by atoms with Gasteiger partial charge in [0.05, 0.1) is 11.6 Å². The van der Waals surface area contributed by atoms with E-state index in [4.69, 9.17) is 4.74 Å². The molecule has 3 saturated carbocycles. The molecular formula is C15H23NO2. The summed E-state index contributed by atoms with van der Waals surface area (Å²) in [6, 6.07) is 0.328. The van der Waals surface area contributed by atoms with Crippen LogP contribution in [0.2, 0.25) is 0 Å². The molecule has 18 heavy (non-hydrogen) atoms. The Hall–Kier alpha value is -0.570. The molecule has 3 nitrogen and oxygen atoms in total. The Bertz CT molecular complexity index is 446. The number of hydrogen-bond donors (Lipinski definition) is 0. The minimum atomic E-state index is -0.315. The Labute approximate surface area is 109 Å². The summed E-state index contributed by atoms with van der Waals surface area (Å²) < 4.78 is 6.53. The van der Waals surface area contributed by atoms with Gasteiger partial charge in [0.15, 0.2) is 0 Å². The van der Waals surface area contributed by atoms with Crippen molar-refractivity contribution in [2.24, 2.45) is 17.3 Å². The summed E-state index contributed by atoms with van der Waals surface area (Å²) in [4.78, 5) is 14.3. The van der Waals surface area contributed by atoms with Crippen molar-refractivity contribution in [2.45, 2.75) is 70.7 Å². The van der Waals surface area contributed by atoms with E-state index in [1.54, 1.807) is 0 Å². The van der Waals surface area contributed by atoms with E-state index in [0.29, 0.717) is 29.7 Å². The number of amides is 1. The monoisotopic (exact) mass is 249 g/mol. The average molecular weight is 249 g/mol. The summed E-state index contributed by atoms with van der Waals surface area (Å²) in [5.41, 5.74) is -0.0302. The predicted octanol–water partition coefficient (Wildman–Crippen LogP) is 2.55. The quantitative estimate of drug-likeness (QED) is 0.660. The van der Waals surface area contributed by atoms with E-state index >= 15 is 0 Å². The predicted molar refractivity (Wildman–Crippen MR) is 67.8 cm³/mol. The molecule has 0 aromatic heterocycles. The molecule has 5 atom stereocenters. The Kier molecular flexibility index (Phi) is 1.75. The van der Waals surface area contributed by atoms with E-state index in [2.05, 4.69) is 32.6 Å². The van der Waals surface area contributed by atoms with Gasteiger partial charge in [-0.05, 0) is 43.9 Å². The zero-order valence-corrected chi connectivity index (χ0v) is 11.8. The van der Waals surface area contributed by atoms with Crippen LogP contribution in [-0.4, -0.2) is 28.2 Å². The Morgan fingerprint density at radius 3 is 2.61 bits per heavy atom. The molecule has 0 aromatic carbocycles. The van der Waals surface area contributed by atoms with Crippen molar-refractivity contribution < 1.29 is 9.53 Å². The molecule has 3 aliphatic carbocycles. The fraction of sp³-hybridized carbons (Fsp3) is 0.933. The van der Waals surface area contributed by atoms with Crippen LogP contribution in [0.1, 0.15) is 53.4 Å². The summed E-state index contributed by atoms with van der Waals surface area (Å²) in [5.74, 6) is 1.70. The van der Waals surface area contributed by atoms with Crippen LogP contribution in [0.15, 0.2) is 0 Å². The zero-order valence-electron chi connectivity index (χ0n) is 11.8. The van der Waals surface area contributed by atoms with Crippen molar-refractivity contribution in [3.8, 4) is 0 Å². The van der Waals surface area contributed by atoms with Crippen molar-refractivity contribution in [1.29, 1.82) is 0 Å². The van der Waals surface area contributed by atoms with Crippen molar-refractivity contribution in [2.75, 3.05) is 0 Å². The molecule has 2 saturated heterocycles. The second kappa shape index (κ2) is 2.79. The van der Waals surface area contributed by atoms with Crippen LogP contribution < -0.4 is 0 Å². The molecule has 5 aliphatic rings. The molecule has 100 valence electrons. The van der Waals surface area contributed by atoms with Crippen molar-refractivity contribution >= 4 is 5.91 Å². The number of rotatable bonds is 0. The molecular weight excluding hydrogens is 226 g/mol. The van der Waals surface area contributed by atoms with Gasteiger partial charge in [-0.15, -0.1) is 0 Å². The number of hydrogen-bond acceptors (Lipinski definition) is 2. The van der Waals surface area contributed by atoms with Gasteiger partial charge < -0.3 is 9.64 Å². The number of nitrogens with zero attached hydrogens (tertiary/aromatic N) is 1. The Morgan fingerprint density at radius 1 is 1.22 bits per heavy atom. The first-order valence-corrected chi connectivity index (χ1v) is 7.31.